The highest BCUT2D eigenvalue weighted by molar-refractivity contribution is 7.99. The number of hydrogen-bond donors (Lipinski definition) is 1. The van der Waals surface area contributed by atoms with Gasteiger partial charge in [0.05, 0.1) is 6.61 Å². The molecule has 100 valence electrons. The number of aliphatic carboxylic acids is 1. The van der Waals surface area contributed by atoms with Crippen molar-refractivity contribution in [3.8, 4) is 0 Å². The van der Waals surface area contributed by atoms with E-state index in [1.165, 1.54) is 0 Å². The van der Waals surface area contributed by atoms with Crippen molar-refractivity contribution < 1.29 is 19.2 Å². The van der Waals surface area contributed by atoms with E-state index in [4.69, 9.17) is 14.4 Å². The van der Waals surface area contributed by atoms with Crippen LogP contribution in [0, 0.1) is 0 Å². The summed E-state index contributed by atoms with van der Waals surface area (Å²) < 4.78 is 10.6. The van der Waals surface area contributed by atoms with E-state index < -0.39 is 5.97 Å². The quantitative estimate of drug-likeness (QED) is 0.782. The summed E-state index contributed by atoms with van der Waals surface area (Å²) in [5.41, 5.74) is 0. The van der Waals surface area contributed by atoms with E-state index in [-0.39, 0.29) is 17.1 Å². The summed E-state index contributed by atoms with van der Waals surface area (Å²) in [7, 11) is 0. The predicted octanol–water partition coefficient (Wildman–Crippen LogP) is 0.639. The van der Waals surface area contributed by atoms with Gasteiger partial charge in [-0.3, -0.25) is 9.69 Å². The molecule has 1 N–H and O–H groups in total. The number of carboxylic acid groups (broad SMARTS) is 1. The molecule has 1 fully saturated rings. The number of carboxylic acids is 1. The highest BCUT2D eigenvalue weighted by atomic mass is 32.2. The molecule has 0 spiro atoms. The van der Waals surface area contributed by atoms with Crippen molar-refractivity contribution in [1.82, 2.24) is 15.0 Å². The summed E-state index contributed by atoms with van der Waals surface area (Å²) in [4.78, 5) is 16.8. The van der Waals surface area contributed by atoms with Gasteiger partial charge in [-0.15, -0.1) is 0 Å². The molecule has 1 atom stereocenters. The Morgan fingerprint density at radius 2 is 2.50 bits per heavy atom. The summed E-state index contributed by atoms with van der Waals surface area (Å²) in [6.45, 7) is 5.33. The Morgan fingerprint density at radius 3 is 3.22 bits per heavy atom. The van der Waals surface area contributed by atoms with Gasteiger partial charge in [-0.05, 0) is 6.54 Å². The van der Waals surface area contributed by atoms with E-state index >= 15 is 0 Å². The number of aromatic nitrogens is 2. The van der Waals surface area contributed by atoms with Gasteiger partial charge in [0.15, 0.2) is 0 Å². The molecular weight excluding hydrogens is 258 g/mol. The first-order valence-corrected chi connectivity index (χ1v) is 6.69. The molecule has 0 saturated carbocycles. The third-order valence-corrected chi connectivity index (χ3v) is 3.43. The van der Waals surface area contributed by atoms with Crippen LogP contribution >= 0.6 is 11.8 Å². The third-order valence-electron chi connectivity index (χ3n) is 2.63. The molecule has 0 aromatic carbocycles. The van der Waals surface area contributed by atoms with Crippen LogP contribution in [0.1, 0.15) is 18.9 Å². The summed E-state index contributed by atoms with van der Waals surface area (Å²) >= 11 is 1.01. The molecule has 7 nitrogen and oxygen atoms in total. The minimum absolute atomic E-state index is 0.0890. The highest BCUT2D eigenvalue weighted by Crippen LogP contribution is 2.22. The number of carbonyl (C=O) groups is 1. The van der Waals surface area contributed by atoms with Gasteiger partial charge in [0.2, 0.25) is 5.82 Å². The Bertz CT molecular complexity index is 412. The van der Waals surface area contributed by atoms with Gasteiger partial charge in [-0.2, -0.15) is 4.98 Å². The van der Waals surface area contributed by atoms with E-state index in [1.807, 2.05) is 0 Å². The Labute approximate surface area is 108 Å². The Morgan fingerprint density at radius 1 is 1.67 bits per heavy atom. The maximum Gasteiger partial charge on any atom is 0.314 e. The van der Waals surface area contributed by atoms with Gasteiger partial charge in [0.25, 0.3) is 5.22 Å². The smallest absolute Gasteiger partial charge is 0.314 e. The number of thioether (sulfide) groups is 1. The van der Waals surface area contributed by atoms with Crippen LogP contribution in [0.4, 0.5) is 0 Å². The second-order valence-electron chi connectivity index (χ2n) is 3.85. The minimum atomic E-state index is -0.911. The number of hydrogen-bond acceptors (Lipinski definition) is 7. The molecule has 1 aliphatic heterocycles. The third kappa shape index (κ3) is 3.44. The highest BCUT2D eigenvalue weighted by Gasteiger charge is 2.25. The van der Waals surface area contributed by atoms with Crippen molar-refractivity contribution in [3.63, 3.8) is 0 Å². The van der Waals surface area contributed by atoms with Crippen molar-refractivity contribution in [2.24, 2.45) is 0 Å². The first kappa shape index (κ1) is 13.3. The molecule has 2 heterocycles. The number of likely N-dealkylation sites (N-methyl/N-ethyl adjacent to an activating group) is 1. The van der Waals surface area contributed by atoms with Crippen LogP contribution < -0.4 is 0 Å². The van der Waals surface area contributed by atoms with Gasteiger partial charge < -0.3 is 14.4 Å². The number of rotatable bonds is 5. The van der Waals surface area contributed by atoms with E-state index in [2.05, 4.69) is 22.0 Å². The van der Waals surface area contributed by atoms with E-state index in [0.717, 1.165) is 31.4 Å². The van der Waals surface area contributed by atoms with Crippen molar-refractivity contribution in [2.75, 3.05) is 32.0 Å². The van der Waals surface area contributed by atoms with Gasteiger partial charge in [-0.1, -0.05) is 23.8 Å². The van der Waals surface area contributed by atoms with Crippen molar-refractivity contribution >= 4 is 17.7 Å². The van der Waals surface area contributed by atoms with Gasteiger partial charge >= 0.3 is 5.97 Å². The zero-order chi connectivity index (χ0) is 13.0. The SMILES string of the molecule is CCN1CCOC(c2noc(SCC(=O)O)n2)C1. The molecule has 8 heteroatoms. The van der Waals surface area contributed by atoms with Crippen LogP contribution in [-0.4, -0.2) is 58.1 Å². The fraction of sp³-hybridized carbons (Fsp3) is 0.700. The second kappa shape index (κ2) is 6.17. The van der Waals surface area contributed by atoms with Crippen molar-refractivity contribution in [2.45, 2.75) is 18.3 Å². The van der Waals surface area contributed by atoms with Crippen LogP contribution in [0.25, 0.3) is 0 Å². The number of nitrogens with zero attached hydrogens (tertiary/aromatic N) is 3. The van der Waals surface area contributed by atoms with Gasteiger partial charge in [0.1, 0.15) is 11.9 Å². The minimum Gasteiger partial charge on any atom is -0.481 e. The van der Waals surface area contributed by atoms with Crippen LogP contribution in [-0.2, 0) is 9.53 Å². The van der Waals surface area contributed by atoms with Crippen molar-refractivity contribution in [3.05, 3.63) is 5.82 Å². The van der Waals surface area contributed by atoms with Gasteiger partial charge in [0, 0.05) is 13.1 Å². The molecule has 1 aliphatic rings. The molecule has 2 rings (SSSR count). The van der Waals surface area contributed by atoms with Crippen molar-refractivity contribution in [1.29, 1.82) is 0 Å². The molecule has 0 bridgehead atoms. The summed E-state index contributed by atoms with van der Waals surface area (Å²) in [6.07, 6.45) is -0.193. The number of ether oxygens (including phenoxy) is 1. The molecule has 1 aromatic heterocycles. The Balaban J connectivity index is 1.94. The zero-order valence-corrected chi connectivity index (χ0v) is 10.9. The second-order valence-corrected chi connectivity index (χ2v) is 4.78. The topological polar surface area (TPSA) is 88.7 Å². The lowest BCUT2D eigenvalue weighted by Gasteiger charge is -2.30. The first-order chi connectivity index (χ1) is 8.69. The average Bonchev–Trinajstić information content (AvgIpc) is 2.85. The molecule has 0 aliphatic carbocycles. The standard InChI is InChI=1S/C10H15N3O4S/c1-2-13-3-4-16-7(5-13)9-11-10(17-12-9)18-6-8(14)15/h7H,2-6H2,1H3,(H,14,15). The molecule has 18 heavy (non-hydrogen) atoms. The maximum absolute atomic E-state index is 10.4. The fourth-order valence-corrected chi connectivity index (χ4v) is 2.17. The molecule has 0 amide bonds. The Kier molecular flexibility index (Phi) is 4.56. The lowest BCUT2D eigenvalue weighted by molar-refractivity contribution is -0.133. The lowest BCUT2D eigenvalue weighted by atomic mass is 10.2. The van der Waals surface area contributed by atoms with E-state index in [9.17, 15) is 4.79 Å². The zero-order valence-electron chi connectivity index (χ0n) is 10.0. The van der Waals surface area contributed by atoms with Gasteiger partial charge in [-0.25, -0.2) is 0 Å². The van der Waals surface area contributed by atoms with Crippen LogP contribution in [0.3, 0.4) is 0 Å². The van der Waals surface area contributed by atoms with Crippen LogP contribution in [0.2, 0.25) is 0 Å². The Hall–Kier alpha value is -1.12. The predicted molar refractivity (Wildman–Crippen MR) is 63.5 cm³/mol. The first-order valence-electron chi connectivity index (χ1n) is 5.71. The lowest BCUT2D eigenvalue weighted by Crippen LogP contribution is -2.38. The fourth-order valence-electron chi connectivity index (χ4n) is 1.68. The number of morpholine rings is 1. The molecule has 1 saturated heterocycles. The summed E-state index contributed by atoms with van der Waals surface area (Å²) in [5.74, 6) is -0.513. The monoisotopic (exact) mass is 273 g/mol. The van der Waals surface area contributed by atoms with Crippen LogP contribution in [0.5, 0.6) is 0 Å². The van der Waals surface area contributed by atoms with E-state index in [0.29, 0.717) is 12.4 Å². The van der Waals surface area contributed by atoms with E-state index in [1.54, 1.807) is 0 Å². The molecule has 1 unspecified atom stereocenters. The normalized spacial score (nSPS) is 21.1. The maximum atomic E-state index is 10.4. The molecular formula is C10H15N3O4S. The summed E-state index contributed by atoms with van der Waals surface area (Å²) in [5, 5.41) is 12.7. The average molecular weight is 273 g/mol. The molecule has 0 radical (unpaired) electrons. The van der Waals surface area contributed by atoms with Crippen LogP contribution in [0.15, 0.2) is 9.75 Å². The largest absolute Gasteiger partial charge is 0.481 e. The molecule has 1 aromatic rings. The summed E-state index contributed by atoms with van der Waals surface area (Å²) in [6, 6.07) is 0.